The topological polar surface area (TPSA) is 65.1 Å². The highest BCUT2D eigenvalue weighted by Crippen LogP contribution is 2.37. The van der Waals surface area contributed by atoms with E-state index < -0.39 is 15.8 Å². The van der Waals surface area contributed by atoms with Crippen molar-refractivity contribution in [3.63, 3.8) is 0 Å². The van der Waals surface area contributed by atoms with Gasteiger partial charge in [-0.1, -0.05) is 12.1 Å². The van der Waals surface area contributed by atoms with Crippen LogP contribution in [0.2, 0.25) is 0 Å². The van der Waals surface area contributed by atoms with Gasteiger partial charge in [-0.3, -0.25) is 0 Å². The molecule has 29 heavy (non-hydrogen) atoms. The Labute approximate surface area is 173 Å². The molecule has 1 aromatic carbocycles. The van der Waals surface area contributed by atoms with E-state index in [2.05, 4.69) is 0 Å². The van der Waals surface area contributed by atoms with Gasteiger partial charge in [0.05, 0.1) is 36.8 Å². The lowest BCUT2D eigenvalue weighted by Crippen LogP contribution is -2.52. The fourth-order valence-corrected chi connectivity index (χ4v) is 5.59. The minimum atomic E-state index is -3.48. The molecule has 2 saturated heterocycles. The molecular formula is C21H32FNO5S. The van der Waals surface area contributed by atoms with E-state index in [0.717, 1.165) is 12.8 Å². The Balaban J connectivity index is 1.50. The quantitative estimate of drug-likeness (QED) is 0.594. The lowest BCUT2D eigenvalue weighted by molar-refractivity contribution is -0.154. The van der Waals surface area contributed by atoms with Crippen LogP contribution in [0.4, 0.5) is 4.39 Å². The molecule has 0 N–H and O–H groups in total. The van der Waals surface area contributed by atoms with Crippen LogP contribution in [0.3, 0.4) is 0 Å². The number of hydrogen-bond acceptors (Lipinski definition) is 5. The van der Waals surface area contributed by atoms with Crippen molar-refractivity contribution >= 4 is 10.0 Å². The van der Waals surface area contributed by atoms with Crippen molar-refractivity contribution in [2.45, 2.75) is 63.1 Å². The van der Waals surface area contributed by atoms with Crippen LogP contribution in [-0.2, 0) is 30.0 Å². The van der Waals surface area contributed by atoms with E-state index in [0.29, 0.717) is 51.3 Å². The summed E-state index contributed by atoms with van der Waals surface area (Å²) in [7, 11) is -3.48. The van der Waals surface area contributed by atoms with Crippen LogP contribution in [0, 0.1) is 5.82 Å². The average Bonchev–Trinajstić information content (AvgIpc) is 2.65. The van der Waals surface area contributed by atoms with Crippen LogP contribution >= 0.6 is 0 Å². The predicted octanol–water partition coefficient (Wildman–Crippen LogP) is 3.11. The maximum atomic E-state index is 13.4. The van der Waals surface area contributed by atoms with Crippen molar-refractivity contribution in [1.82, 2.24) is 4.31 Å². The van der Waals surface area contributed by atoms with Gasteiger partial charge in [0, 0.05) is 26.1 Å². The van der Waals surface area contributed by atoms with Gasteiger partial charge in [-0.2, -0.15) is 0 Å². The SMILES string of the molecule is CC(C)OCCOC1CCOC2(CCN(S(=O)(=O)Cc3cccc(F)c3)CC2)C1. The van der Waals surface area contributed by atoms with Gasteiger partial charge in [-0.25, -0.2) is 17.1 Å². The third-order valence-corrected chi connectivity index (χ3v) is 7.45. The molecule has 0 amide bonds. The van der Waals surface area contributed by atoms with Crippen LogP contribution in [0.25, 0.3) is 0 Å². The Morgan fingerprint density at radius 1 is 1.28 bits per heavy atom. The Bertz CT molecular complexity index is 762. The molecule has 6 nitrogen and oxygen atoms in total. The summed E-state index contributed by atoms with van der Waals surface area (Å²) in [6.07, 6.45) is 3.25. The number of piperidine rings is 1. The molecule has 8 heteroatoms. The molecule has 1 atom stereocenters. The molecule has 0 aromatic heterocycles. The molecule has 1 unspecified atom stereocenters. The van der Waals surface area contributed by atoms with E-state index in [-0.39, 0.29) is 23.6 Å². The molecule has 1 spiro atoms. The second-order valence-electron chi connectivity index (χ2n) is 8.22. The van der Waals surface area contributed by atoms with Crippen LogP contribution in [0.15, 0.2) is 24.3 Å². The highest BCUT2D eigenvalue weighted by atomic mass is 32.2. The Hall–Kier alpha value is -1.06. The molecule has 0 radical (unpaired) electrons. The fraction of sp³-hybridized carbons (Fsp3) is 0.714. The molecular weight excluding hydrogens is 397 g/mol. The summed E-state index contributed by atoms with van der Waals surface area (Å²) >= 11 is 0. The molecule has 0 bridgehead atoms. The van der Waals surface area contributed by atoms with E-state index in [4.69, 9.17) is 14.2 Å². The summed E-state index contributed by atoms with van der Waals surface area (Å²) in [5.41, 5.74) is 0.156. The van der Waals surface area contributed by atoms with E-state index in [1.165, 1.54) is 22.5 Å². The lowest BCUT2D eigenvalue weighted by atomic mass is 9.84. The number of sulfonamides is 1. The van der Waals surface area contributed by atoms with Crippen LogP contribution in [0.5, 0.6) is 0 Å². The van der Waals surface area contributed by atoms with Crippen LogP contribution in [-0.4, -0.2) is 63.4 Å². The maximum absolute atomic E-state index is 13.4. The Morgan fingerprint density at radius 3 is 2.72 bits per heavy atom. The molecule has 0 aliphatic carbocycles. The first-order valence-corrected chi connectivity index (χ1v) is 12.0. The number of nitrogens with zero attached hydrogens (tertiary/aromatic N) is 1. The normalized spacial score (nSPS) is 23.0. The standard InChI is InChI=1S/C21H32FNO5S/c1-17(2)26-12-13-27-20-6-11-28-21(15-20)7-9-23(10-8-21)29(24,25)16-18-4-3-5-19(22)14-18/h3-5,14,17,20H,6-13,15-16H2,1-2H3. The van der Waals surface area contributed by atoms with Crippen molar-refractivity contribution in [3.05, 3.63) is 35.6 Å². The summed E-state index contributed by atoms with van der Waals surface area (Å²) in [6.45, 7) is 6.60. The third kappa shape index (κ3) is 6.46. The monoisotopic (exact) mass is 429 g/mol. The Kier molecular flexibility index (Phi) is 7.67. The molecule has 164 valence electrons. The summed E-state index contributed by atoms with van der Waals surface area (Å²) in [5, 5.41) is 0. The number of ether oxygens (including phenoxy) is 3. The van der Waals surface area contributed by atoms with Gasteiger partial charge >= 0.3 is 0 Å². The summed E-state index contributed by atoms with van der Waals surface area (Å²) < 4.78 is 58.0. The van der Waals surface area contributed by atoms with E-state index in [1.807, 2.05) is 13.8 Å². The summed E-state index contributed by atoms with van der Waals surface area (Å²) in [5.74, 6) is -0.601. The van der Waals surface area contributed by atoms with E-state index in [1.54, 1.807) is 6.07 Å². The second-order valence-corrected chi connectivity index (χ2v) is 10.2. The van der Waals surface area contributed by atoms with Crippen LogP contribution in [0.1, 0.15) is 45.1 Å². The summed E-state index contributed by atoms with van der Waals surface area (Å²) in [6, 6.07) is 5.77. The van der Waals surface area contributed by atoms with Gasteiger partial charge in [0.1, 0.15) is 5.82 Å². The minimum Gasteiger partial charge on any atom is -0.376 e. The van der Waals surface area contributed by atoms with Gasteiger partial charge < -0.3 is 14.2 Å². The summed E-state index contributed by atoms with van der Waals surface area (Å²) in [4.78, 5) is 0. The zero-order valence-electron chi connectivity index (χ0n) is 17.3. The minimum absolute atomic E-state index is 0.120. The van der Waals surface area contributed by atoms with Gasteiger partial charge in [0.15, 0.2) is 0 Å². The number of benzene rings is 1. The maximum Gasteiger partial charge on any atom is 0.218 e. The van der Waals surface area contributed by atoms with E-state index >= 15 is 0 Å². The smallest absolute Gasteiger partial charge is 0.218 e. The first-order chi connectivity index (χ1) is 13.8. The largest absolute Gasteiger partial charge is 0.376 e. The van der Waals surface area contributed by atoms with Crippen molar-refractivity contribution in [1.29, 1.82) is 0 Å². The molecule has 2 heterocycles. The van der Waals surface area contributed by atoms with E-state index in [9.17, 15) is 12.8 Å². The van der Waals surface area contributed by atoms with Gasteiger partial charge in [0.2, 0.25) is 10.0 Å². The molecule has 2 aliphatic rings. The average molecular weight is 430 g/mol. The first kappa shape index (κ1) is 22.6. The Morgan fingerprint density at radius 2 is 2.03 bits per heavy atom. The van der Waals surface area contributed by atoms with Crippen LogP contribution < -0.4 is 0 Å². The fourth-order valence-electron chi connectivity index (χ4n) is 4.07. The van der Waals surface area contributed by atoms with Crippen molar-refractivity contribution in [2.75, 3.05) is 32.9 Å². The van der Waals surface area contributed by atoms with Crippen molar-refractivity contribution in [2.24, 2.45) is 0 Å². The van der Waals surface area contributed by atoms with Crippen molar-refractivity contribution in [3.8, 4) is 0 Å². The zero-order chi connectivity index (χ0) is 20.9. The van der Waals surface area contributed by atoms with Crippen molar-refractivity contribution < 1.29 is 27.0 Å². The zero-order valence-corrected chi connectivity index (χ0v) is 18.1. The molecule has 0 saturated carbocycles. The molecule has 2 fully saturated rings. The van der Waals surface area contributed by atoms with Gasteiger partial charge in [0.25, 0.3) is 0 Å². The molecule has 1 aromatic rings. The first-order valence-electron chi connectivity index (χ1n) is 10.4. The second kappa shape index (κ2) is 9.83. The molecule has 3 rings (SSSR count). The lowest BCUT2D eigenvalue weighted by Gasteiger charge is -2.45. The number of halogens is 1. The predicted molar refractivity (Wildman–Crippen MR) is 109 cm³/mol. The number of rotatable bonds is 8. The number of hydrogen-bond donors (Lipinski definition) is 0. The third-order valence-electron chi connectivity index (χ3n) is 5.60. The highest BCUT2D eigenvalue weighted by Gasteiger charge is 2.42. The molecule has 2 aliphatic heterocycles. The highest BCUT2D eigenvalue weighted by molar-refractivity contribution is 7.88. The van der Waals surface area contributed by atoms with Gasteiger partial charge in [-0.05, 0) is 50.8 Å². The van der Waals surface area contributed by atoms with Gasteiger partial charge in [-0.15, -0.1) is 0 Å².